The maximum absolute atomic E-state index is 13.9. The molecule has 0 fully saturated rings. The van der Waals surface area contributed by atoms with Crippen molar-refractivity contribution in [2.75, 3.05) is 46.9 Å². The lowest BCUT2D eigenvalue weighted by Crippen LogP contribution is -2.39. The van der Waals surface area contributed by atoms with Crippen LogP contribution in [0.25, 0.3) is 6.08 Å². The van der Waals surface area contributed by atoms with Crippen molar-refractivity contribution in [2.24, 2.45) is 4.99 Å². The van der Waals surface area contributed by atoms with E-state index >= 15 is 0 Å². The van der Waals surface area contributed by atoms with Gasteiger partial charge in [-0.2, -0.15) is 0 Å². The fraction of sp³-hybridized carbons (Fsp3) is 0.321. The Balaban J connectivity index is 1.93. The zero-order valence-electron chi connectivity index (χ0n) is 22.5. The van der Waals surface area contributed by atoms with Gasteiger partial charge in [0.1, 0.15) is 0 Å². The lowest BCUT2D eigenvalue weighted by molar-refractivity contribution is -0.139. The second kappa shape index (κ2) is 11.1. The van der Waals surface area contributed by atoms with E-state index in [2.05, 4.69) is 4.99 Å². The lowest BCUT2D eigenvalue weighted by Gasteiger charge is -2.25. The topological polar surface area (TPSA) is 91.6 Å². The highest BCUT2D eigenvalue weighted by Gasteiger charge is 2.33. The van der Waals surface area contributed by atoms with Gasteiger partial charge in [-0.1, -0.05) is 23.5 Å². The summed E-state index contributed by atoms with van der Waals surface area (Å²) in [6.07, 6.45) is 1.75. The average molecular weight is 538 g/mol. The number of anilines is 1. The summed E-state index contributed by atoms with van der Waals surface area (Å²) in [5.74, 6) is 0.925. The predicted molar refractivity (Wildman–Crippen MR) is 147 cm³/mol. The van der Waals surface area contributed by atoms with E-state index in [0.29, 0.717) is 43.4 Å². The van der Waals surface area contributed by atoms with Crippen LogP contribution in [0.1, 0.15) is 31.0 Å². The molecule has 0 amide bonds. The summed E-state index contributed by atoms with van der Waals surface area (Å²) >= 11 is 1.25. The third-order valence-corrected chi connectivity index (χ3v) is 7.21. The van der Waals surface area contributed by atoms with E-state index in [-0.39, 0.29) is 12.2 Å². The molecule has 0 bridgehead atoms. The van der Waals surface area contributed by atoms with Crippen molar-refractivity contribution in [2.45, 2.75) is 19.9 Å². The summed E-state index contributed by atoms with van der Waals surface area (Å²) in [6, 6.07) is 10.6. The maximum atomic E-state index is 13.9. The largest absolute Gasteiger partial charge is 0.493 e. The first-order valence-electron chi connectivity index (χ1n) is 12.0. The molecule has 0 N–H and O–H groups in total. The summed E-state index contributed by atoms with van der Waals surface area (Å²) in [5.41, 5.74) is 3.08. The van der Waals surface area contributed by atoms with E-state index < -0.39 is 12.0 Å². The molecule has 4 rings (SSSR count). The molecular weight excluding hydrogens is 506 g/mol. The number of rotatable bonds is 8. The number of carbonyl (C=O) groups is 1. The minimum absolute atomic E-state index is 0.216. The smallest absolute Gasteiger partial charge is 0.338 e. The van der Waals surface area contributed by atoms with Crippen molar-refractivity contribution in [3.8, 4) is 17.2 Å². The van der Waals surface area contributed by atoms with Crippen molar-refractivity contribution in [3.05, 3.63) is 78.5 Å². The molecule has 1 aliphatic heterocycles. The Kier molecular flexibility index (Phi) is 7.91. The number of ether oxygens (including phenoxy) is 4. The van der Waals surface area contributed by atoms with Crippen molar-refractivity contribution < 1.29 is 23.7 Å². The molecule has 0 radical (unpaired) electrons. The highest BCUT2D eigenvalue weighted by molar-refractivity contribution is 7.07. The normalized spacial score (nSPS) is 15.0. The number of allylic oxidation sites excluding steroid dienone is 1. The van der Waals surface area contributed by atoms with Gasteiger partial charge in [-0.05, 0) is 55.3 Å². The summed E-state index contributed by atoms with van der Waals surface area (Å²) in [4.78, 5) is 34.1. The van der Waals surface area contributed by atoms with E-state index in [0.717, 1.165) is 11.3 Å². The molecule has 9 nitrogen and oxygen atoms in total. The molecule has 0 spiro atoms. The third kappa shape index (κ3) is 4.91. The Morgan fingerprint density at radius 2 is 1.71 bits per heavy atom. The van der Waals surface area contributed by atoms with Gasteiger partial charge >= 0.3 is 5.97 Å². The van der Waals surface area contributed by atoms with Gasteiger partial charge in [-0.15, -0.1) is 0 Å². The highest BCUT2D eigenvalue weighted by Crippen LogP contribution is 2.38. The zero-order valence-corrected chi connectivity index (χ0v) is 23.3. The highest BCUT2D eigenvalue weighted by atomic mass is 32.1. The average Bonchev–Trinajstić information content (AvgIpc) is 3.21. The third-order valence-electron chi connectivity index (χ3n) is 6.23. The first-order valence-corrected chi connectivity index (χ1v) is 12.8. The summed E-state index contributed by atoms with van der Waals surface area (Å²) in [6.45, 7) is 3.73. The number of hydrogen-bond acceptors (Lipinski definition) is 9. The molecule has 1 unspecified atom stereocenters. The fourth-order valence-electron chi connectivity index (χ4n) is 4.40. The standard InChI is InChI=1S/C28H31N3O6S/c1-8-37-27(33)23-16(2)29-28-31(24(23)18-9-11-19(12-10-18)30(3)4)26(32)22(38-28)15-17-13-20(34-5)25(36-7)21(14-17)35-6/h9-15,24H,8H2,1-7H3. The van der Waals surface area contributed by atoms with E-state index in [1.54, 1.807) is 36.6 Å². The molecule has 200 valence electrons. The van der Waals surface area contributed by atoms with Crippen LogP contribution in [-0.4, -0.2) is 52.6 Å². The number of aromatic nitrogens is 1. The summed E-state index contributed by atoms with van der Waals surface area (Å²) in [5, 5.41) is 0. The number of thiazole rings is 1. The Bertz CT molecular complexity index is 1540. The second-order valence-electron chi connectivity index (χ2n) is 8.75. The Morgan fingerprint density at radius 3 is 2.24 bits per heavy atom. The number of fused-ring (bicyclic) bond motifs is 1. The molecule has 3 aromatic rings. The number of benzene rings is 2. The summed E-state index contributed by atoms with van der Waals surface area (Å²) < 4.78 is 23.7. The van der Waals surface area contributed by atoms with Crippen LogP contribution < -0.4 is 34.0 Å². The van der Waals surface area contributed by atoms with Crippen molar-refractivity contribution in [3.63, 3.8) is 0 Å². The van der Waals surface area contributed by atoms with Crippen LogP contribution in [0.5, 0.6) is 17.2 Å². The number of esters is 1. The van der Waals surface area contributed by atoms with Crippen LogP contribution in [0, 0.1) is 0 Å². The fourth-order valence-corrected chi connectivity index (χ4v) is 5.44. The van der Waals surface area contributed by atoms with Crippen LogP contribution in [0.3, 0.4) is 0 Å². The SMILES string of the molecule is CCOC(=O)C1=C(C)N=c2sc(=Cc3cc(OC)c(OC)c(OC)c3)c(=O)n2C1c1ccc(N(C)C)cc1. The van der Waals surface area contributed by atoms with Crippen molar-refractivity contribution >= 4 is 29.1 Å². The van der Waals surface area contributed by atoms with Gasteiger partial charge in [-0.3, -0.25) is 9.36 Å². The zero-order chi connectivity index (χ0) is 27.6. The monoisotopic (exact) mass is 537 g/mol. The van der Waals surface area contributed by atoms with Crippen molar-refractivity contribution in [1.29, 1.82) is 0 Å². The van der Waals surface area contributed by atoms with Gasteiger partial charge in [0.2, 0.25) is 5.75 Å². The lowest BCUT2D eigenvalue weighted by atomic mass is 9.95. The maximum Gasteiger partial charge on any atom is 0.338 e. The van der Waals surface area contributed by atoms with Gasteiger partial charge < -0.3 is 23.8 Å². The first kappa shape index (κ1) is 27.0. The minimum Gasteiger partial charge on any atom is -0.493 e. The number of nitrogens with zero attached hydrogens (tertiary/aromatic N) is 3. The van der Waals surface area contributed by atoms with E-state index in [1.165, 1.54) is 32.7 Å². The Hall–Kier alpha value is -4.05. The molecule has 1 aromatic heterocycles. The van der Waals surface area contributed by atoms with Gasteiger partial charge in [0.25, 0.3) is 5.56 Å². The molecular formula is C28H31N3O6S. The Labute approximate surface area is 224 Å². The van der Waals surface area contributed by atoms with Crippen LogP contribution in [0.15, 0.2) is 57.5 Å². The molecule has 1 aliphatic rings. The molecule has 38 heavy (non-hydrogen) atoms. The first-order chi connectivity index (χ1) is 18.2. The molecule has 0 saturated carbocycles. The molecule has 2 heterocycles. The van der Waals surface area contributed by atoms with Gasteiger partial charge in [-0.25, -0.2) is 9.79 Å². The van der Waals surface area contributed by atoms with Crippen LogP contribution in [-0.2, 0) is 9.53 Å². The molecule has 1 atom stereocenters. The van der Waals surface area contributed by atoms with Crippen LogP contribution in [0.2, 0.25) is 0 Å². The molecule has 2 aromatic carbocycles. The second-order valence-corrected chi connectivity index (χ2v) is 9.76. The molecule has 10 heteroatoms. The summed E-state index contributed by atoms with van der Waals surface area (Å²) in [7, 11) is 8.52. The number of carbonyl (C=O) groups excluding carboxylic acids is 1. The number of methoxy groups -OCH3 is 3. The van der Waals surface area contributed by atoms with Crippen molar-refractivity contribution in [1.82, 2.24) is 4.57 Å². The van der Waals surface area contributed by atoms with Gasteiger partial charge in [0.05, 0.1) is 49.8 Å². The number of hydrogen-bond donors (Lipinski definition) is 0. The quantitative estimate of drug-likeness (QED) is 0.408. The van der Waals surface area contributed by atoms with Gasteiger partial charge in [0.15, 0.2) is 16.3 Å². The van der Waals surface area contributed by atoms with Crippen LogP contribution >= 0.6 is 11.3 Å². The molecule has 0 saturated heterocycles. The van der Waals surface area contributed by atoms with E-state index in [4.69, 9.17) is 18.9 Å². The minimum atomic E-state index is -0.677. The molecule has 0 aliphatic carbocycles. The van der Waals surface area contributed by atoms with E-state index in [1.807, 2.05) is 43.3 Å². The van der Waals surface area contributed by atoms with Gasteiger partial charge in [0, 0.05) is 19.8 Å². The Morgan fingerprint density at radius 1 is 1.08 bits per heavy atom. The predicted octanol–water partition coefficient (Wildman–Crippen LogP) is 2.89. The van der Waals surface area contributed by atoms with Crippen LogP contribution in [0.4, 0.5) is 5.69 Å². The van der Waals surface area contributed by atoms with E-state index in [9.17, 15) is 9.59 Å².